The smallest absolute Gasteiger partial charge is 0.223 e. The first kappa shape index (κ1) is 14.8. The Balaban J connectivity index is 1.55. The highest BCUT2D eigenvalue weighted by atomic mass is 16.5. The third-order valence-corrected chi connectivity index (χ3v) is 4.00. The molecule has 5 nitrogen and oxygen atoms in total. The van der Waals surface area contributed by atoms with Gasteiger partial charge in [-0.3, -0.25) is 9.69 Å². The fraction of sp³-hybridized carbons (Fsp3) is 0.929. The quantitative estimate of drug-likeness (QED) is 0.701. The van der Waals surface area contributed by atoms with E-state index < -0.39 is 0 Å². The summed E-state index contributed by atoms with van der Waals surface area (Å²) < 4.78 is 5.32. The Kier molecular flexibility index (Phi) is 6.61. The van der Waals surface area contributed by atoms with Crippen LogP contribution in [0, 0.1) is 5.92 Å². The number of hydrogen-bond donors (Lipinski definition) is 2. The number of nitrogens with zero attached hydrogens (tertiary/aromatic N) is 1. The fourth-order valence-corrected chi connectivity index (χ4v) is 2.76. The van der Waals surface area contributed by atoms with Crippen LogP contribution in [0.3, 0.4) is 0 Å². The third-order valence-electron chi connectivity index (χ3n) is 4.00. The van der Waals surface area contributed by atoms with Crippen molar-refractivity contribution in [3.05, 3.63) is 0 Å². The zero-order chi connectivity index (χ0) is 13.3. The van der Waals surface area contributed by atoms with Gasteiger partial charge in [-0.2, -0.15) is 0 Å². The molecule has 2 aliphatic rings. The lowest BCUT2D eigenvalue weighted by Gasteiger charge is -2.26. The molecule has 2 aliphatic heterocycles. The molecule has 0 radical (unpaired) electrons. The van der Waals surface area contributed by atoms with Gasteiger partial charge in [-0.1, -0.05) is 0 Å². The Morgan fingerprint density at radius 3 is 2.95 bits per heavy atom. The normalized spacial score (nSPS) is 25.8. The van der Waals surface area contributed by atoms with Gasteiger partial charge < -0.3 is 15.4 Å². The molecule has 0 bridgehead atoms. The van der Waals surface area contributed by atoms with Gasteiger partial charge in [-0.05, 0) is 45.3 Å². The van der Waals surface area contributed by atoms with Crippen molar-refractivity contribution in [2.45, 2.75) is 25.7 Å². The topological polar surface area (TPSA) is 53.6 Å². The number of hydrogen-bond acceptors (Lipinski definition) is 4. The van der Waals surface area contributed by atoms with Crippen molar-refractivity contribution in [1.29, 1.82) is 0 Å². The van der Waals surface area contributed by atoms with Crippen molar-refractivity contribution in [2.24, 2.45) is 5.92 Å². The van der Waals surface area contributed by atoms with E-state index in [0.29, 0.717) is 0 Å². The second-order valence-corrected chi connectivity index (χ2v) is 5.48. The fourth-order valence-electron chi connectivity index (χ4n) is 2.76. The summed E-state index contributed by atoms with van der Waals surface area (Å²) in [5.41, 5.74) is 0. The molecule has 1 atom stereocenters. The molecule has 2 heterocycles. The van der Waals surface area contributed by atoms with Crippen LogP contribution in [0.2, 0.25) is 0 Å². The van der Waals surface area contributed by atoms with Crippen molar-refractivity contribution >= 4 is 5.91 Å². The monoisotopic (exact) mass is 269 g/mol. The van der Waals surface area contributed by atoms with E-state index in [9.17, 15) is 4.79 Å². The number of morpholine rings is 1. The van der Waals surface area contributed by atoms with Crippen molar-refractivity contribution in [1.82, 2.24) is 15.5 Å². The van der Waals surface area contributed by atoms with Gasteiger partial charge in [0.15, 0.2) is 0 Å². The lowest BCUT2D eigenvalue weighted by atomic mass is 10.00. The average molecular weight is 269 g/mol. The third kappa shape index (κ3) is 5.47. The van der Waals surface area contributed by atoms with E-state index in [1.165, 1.54) is 0 Å². The van der Waals surface area contributed by atoms with Gasteiger partial charge in [0.05, 0.1) is 13.2 Å². The average Bonchev–Trinajstić information content (AvgIpc) is 2.73. The largest absolute Gasteiger partial charge is 0.379 e. The van der Waals surface area contributed by atoms with Gasteiger partial charge >= 0.3 is 0 Å². The lowest BCUT2D eigenvalue weighted by molar-refractivity contribution is -0.125. The number of rotatable bonds is 5. The van der Waals surface area contributed by atoms with Crippen LogP contribution in [0.1, 0.15) is 25.7 Å². The van der Waals surface area contributed by atoms with E-state index in [2.05, 4.69) is 15.5 Å². The van der Waals surface area contributed by atoms with Gasteiger partial charge in [0.1, 0.15) is 0 Å². The molecule has 0 aromatic carbocycles. The maximum absolute atomic E-state index is 12.0. The number of amides is 1. The van der Waals surface area contributed by atoms with Gasteiger partial charge in [0.25, 0.3) is 0 Å². The van der Waals surface area contributed by atoms with E-state index in [0.717, 1.165) is 78.2 Å². The van der Waals surface area contributed by atoms with Crippen molar-refractivity contribution in [2.75, 3.05) is 52.5 Å². The molecule has 0 aromatic rings. The second kappa shape index (κ2) is 8.51. The summed E-state index contributed by atoms with van der Waals surface area (Å²) in [5, 5.41) is 6.44. The second-order valence-electron chi connectivity index (χ2n) is 5.48. The molecule has 19 heavy (non-hydrogen) atoms. The minimum Gasteiger partial charge on any atom is -0.379 e. The molecule has 0 aliphatic carbocycles. The highest BCUT2D eigenvalue weighted by molar-refractivity contribution is 5.78. The number of carbonyl (C=O) groups is 1. The minimum atomic E-state index is 0.221. The summed E-state index contributed by atoms with van der Waals surface area (Å²) in [4.78, 5) is 14.4. The van der Waals surface area contributed by atoms with E-state index in [-0.39, 0.29) is 11.8 Å². The summed E-state index contributed by atoms with van der Waals surface area (Å²) >= 11 is 0. The van der Waals surface area contributed by atoms with Crippen LogP contribution < -0.4 is 10.6 Å². The molecule has 0 saturated carbocycles. The molecule has 0 spiro atoms. The van der Waals surface area contributed by atoms with Crippen molar-refractivity contribution in [3.8, 4) is 0 Å². The Hall–Kier alpha value is -0.650. The molecule has 5 heteroatoms. The maximum atomic E-state index is 12.0. The highest BCUT2D eigenvalue weighted by Gasteiger charge is 2.19. The maximum Gasteiger partial charge on any atom is 0.223 e. The van der Waals surface area contributed by atoms with E-state index in [4.69, 9.17) is 4.74 Å². The molecule has 2 N–H and O–H groups in total. The molecular weight excluding hydrogens is 242 g/mol. The molecule has 2 rings (SSSR count). The van der Waals surface area contributed by atoms with Crippen LogP contribution in [0.5, 0.6) is 0 Å². The first-order chi connectivity index (χ1) is 9.36. The molecule has 1 amide bonds. The SMILES string of the molecule is O=C(NCCCN1CCOCC1)[C@H]1CCCNCC1. The van der Waals surface area contributed by atoms with Gasteiger partial charge in [0, 0.05) is 25.6 Å². The number of nitrogens with one attached hydrogen (secondary N) is 2. The Labute approximate surface area is 116 Å². The molecule has 0 unspecified atom stereocenters. The molecule has 2 saturated heterocycles. The standard InChI is InChI=1S/C14H27N3O2/c18-14(13-3-1-5-15-7-4-13)16-6-2-8-17-9-11-19-12-10-17/h13,15H,1-12H2,(H,16,18)/t13-/m0/s1. The minimum absolute atomic E-state index is 0.221. The Bertz CT molecular complexity index is 259. The molecule has 110 valence electrons. The van der Waals surface area contributed by atoms with Gasteiger partial charge in [-0.15, -0.1) is 0 Å². The number of ether oxygens (including phenoxy) is 1. The van der Waals surface area contributed by atoms with Crippen molar-refractivity contribution < 1.29 is 9.53 Å². The van der Waals surface area contributed by atoms with E-state index in [1.54, 1.807) is 0 Å². The zero-order valence-corrected chi connectivity index (χ0v) is 11.8. The summed E-state index contributed by atoms with van der Waals surface area (Å²) in [5.74, 6) is 0.476. The Morgan fingerprint density at radius 2 is 2.11 bits per heavy atom. The van der Waals surface area contributed by atoms with Gasteiger partial charge in [-0.25, -0.2) is 0 Å². The number of carbonyl (C=O) groups excluding carboxylic acids is 1. The van der Waals surface area contributed by atoms with Crippen LogP contribution in [-0.2, 0) is 9.53 Å². The molecule has 0 aromatic heterocycles. The first-order valence-corrected chi connectivity index (χ1v) is 7.65. The van der Waals surface area contributed by atoms with Gasteiger partial charge in [0.2, 0.25) is 5.91 Å². The zero-order valence-electron chi connectivity index (χ0n) is 11.8. The lowest BCUT2D eigenvalue weighted by Crippen LogP contribution is -2.38. The predicted octanol–water partition coefficient (Wildman–Crippen LogP) is 0.215. The summed E-state index contributed by atoms with van der Waals surface area (Å²) in [6.45, 7) is 7.66. The summed E-state index contributed by atoms with van der Waals surface area (Å²) in [6, 6.07) is 0. The van der Waals surface area contributed by atoms with Crippen molar-refractivity contribution in [3.63, 3.8) is 0 Å². The van der Waals surface area contributed by atoms with Crippen LogP contribution in [0.4, 0.5) is 0 Å². The van der Waals surface area contributed by atoms with Crippen LogP contribution in [0.25, 0.3) is 0 Å². The molecular formula is C14H27N3O2. The highest BCUT2D eigenvalue weighted by Crippen LogP contribution is 2.13. The Morgan fingerprint density at radius 1 is 1.26 bits per heavy atom. The van der Waals surface area contributed by atoms with Crippen LogP contribution in [-0.4, -0.2) is 63.3 Å². The van der Waals surface area contributed by atoms with E-state index >= 15 is 0 Å². The van der Waals surface area contributed by atoms with E-state index in [1.807, 2.05) is 0 Å². The summed E-state index contributed by atoms with van der Waals surface area (Å²) in [7, 11) is 0. The summed E-state index contributed by atoms with van der Waals surface area (Å²) in [6.07, 6.45) is 4.17. The molecule has 2 fully saturated rings. The van der Waals surface area contributed by atoms with Crippen LogP contribution in [0.15, 0.2) is 0 Å². The first-order valence-electron chi connectivity index (χ1n) is 7.65. The predicted molar refractivity (Wildman–Crippen MR) is 75.1 cm³/mol. The van der Waals surface area contributed by atoms with Crippen LogP contribution >= 0.6 is 0 Å².